The van der Waals surface area contributed by atoms with Gasteiger partial charge in [-0.3, -0.25) is 9.69 Å². The molecule has 0 aliphatic rings. The number of hydrogen-bond donors (Lipinski definition) is 1. The number of aryl methyl sites for hydroxylation is 1. The van der Waals surface area contributed by atoms with Crippen LogP contribution < -0.4 is 5.43 Å². The third-order valence-corrected chi connectivity index (χ3v) is 4.27. The molecule has 1 aromatic carbocycles. The Bertz CT molecular complexity index is 678. The van der Waals surface area contributed by atoms with Crippen LogP contribution in [0.15, 0.2) is 23.0 Å². The number of aromatic nitrogens is 1. The van der Waals surface area contributed by atoms with E-state index in [2.05, 4.69) is 23.7 Å². The molecule has 0 atom stereocenters. The van der Waals surface area contributed by atoms with Crippen LogP contribution in [-0.2, 0) is 6.54 Å². The van der Waals surface area contributed by atoms with Crippen LogP contribution in [0.2, 0.25) is 5.02 Å². The predicted octanol–water partition coefficient (Wildman–Crippen LogP) is 4.11. The Labute approximate surface area is 130 Å². The van der Waals surface area contributed by atoms with Crippen molar-refractivity contribution in [2.24, 2.45) is 0 Å². The number of fused-ring (bicyclic) bond motifs is 1. The summed E-state index contributed by atoms with van der Waals surface area (Å²) in [4.78, 5) is 18.3. The highest BCUT2D eigenvalue weighted by Gasteiger charge is 2.13. The molecule has 4 heteroatoms. The average Bonchev–Trinajstić information content (AvgIpc) is 2.48. The number of aromatic amines is 1. The Morgan fingerprint density at radius 2 is 2.05 bits per heavy atom. The van der Waals surface area contributed by atoms with Gasteiger partial charge in [-0.25, -0.2) is 0 Å². The molecule has 1 heterocycles. The van der Waals surface area contributed by atoms with Crippen LogP contribution in [0.4, 0.5) is 0 Å². The topological polar surface area (TPSA) is 36.1 Å². The van der Waals surface area contributed by atoms with Crippen LogP contribution in [0, 0.1) is 6.92 Å². The zero-order valence-corrected chi connectivity index (χ0v) is 13.8. The van der Waals surface area contributed by atoms with Crippen LogP contribution in [0.25, 0.3) is 10.9 Å². The standard InChI is InChI=1S/C17H23ClN2O/c1-4-6-10-20(5-2)11-14-12(3)19-16-13(17(14)21)8-7-9-15(16)18/h7-9H,4-6,10-11H2,1-3H3,(H,19,21). The molecule has 1 N–H and O–H groups in total. The fraction of sp³-hybridized carbons (Fsp3) is 0.471. The van der Waals surface area contributed by atoms with E-state index in [-0.39, 0.29) is 5.43 Å². The van der Waals surface area contributed by atoms with Crippen molar-refractivity contribution in [3.05, 3.63) is 44.7 Å². The Morgan fingerprint density at radius 3 is 2.71 bits per heavy atom. The first kappa shape index (κ1) is 16.1. The lowest BCUT2D eigenvalue weighted by Crippen LogP contribution is -2.28. The second-order valence-electron chi connectivity index (χ2n) is 5.44. The third kappa shape index (κ3) is 3.47. The molecule has 0 spiro atoms. The number of H-pyrrole nitrogens is 1. The van der Waals surface area contributed by atoms with E-state index in [1.807, 2.05) is 19.1 Å². The quantitative estimate of drug-likeness (QED) is 0.871. The summed E-state index contributed by atoms with van der Waals surface area (Å²) in [5, 5.41) is 1.27. The first-order valence-corrected chi connectivity index (χ1v) is 7.98. The molecule has 3 nitrogen and oxygen atoms in total. The van der Waals surface area contributed by atoms with Gasteiger partial charge in [-0.2, -0.15) is 0 Å². The minimum Gasteiger partial charge on any atom is -0.357 e. The van der Waals surface area contributed by atoms with Crippen molar-refractivity contribution < 1.29 is 0 Å². The Morgan fingerprint density at radius 1 is 1.29 bits per heavy atom. The molecule has 0 radical (unpaired) electrons. The largest absolute Gasteiger partial charge is 0.357 e. The van der Waals surface area contributed by atoms with Gasteiger partial charge in [-0.15, -0.1) is 0 Å². The molecule has 1 aromatic heterocycles. The van der Waals surface area contributed by atoms with Gasteiger partial charge in [-0.1, -0.05) is 37.9 Å². The summed E-state index contributed by atoms with van der Waals surface area (Å²) < 4.78 is 0. The highest BCUT2D eigenvalue weighted by molar-refractivity contribution is 6.35. The maximum Gasteiger partial charge on any atom is 0.194 e. The summed E-state index contributed by atoms with van der Waals surface area (Å²) in [6.45, 7) is 8.94. The average molecular weight is 307 g/mol. The maximum absolute atomic E-state index is 12.7. The molecule has 0 aliphatic heterocycles. The van der Waals surface area contributed by atoms with Crippen LogP contribution in [-0.4, -0.2) is 23.0 Å². The molecule has 0 amide bonds. The molecule has 2 aromatic rings. The predicted molar refractivity (Wildman–Crippen MR) is 90.2 cm³/mol. The van der Waals surface area contributed by atoms with Crippen molar-refractivity contribution in [3.8, 4) is 0 Å². The molecular weight excluding hydrogens is 284 g/mol. The van der Waals surface area contributed by atoms with Crippen molar-refractivity contribution >= 4 is 22.5 Å². The van der Waals surface area contributed by atoms with Crippen LogP contribution in [0.5, 0.6) is 0 Å². The Balaban J connectivity index is 2.42. The number of benzene rings is 1. The molecule has 0 unspecified atom stereocenters. The molecule has 0 fully saturated rings. The van der Waals surface area contributed by atoms with E-state index >= 15 is 0 Å². The summed E-state index contributed by atoms with van der Waals surface area (Å²) in [5.41, 5.74) is 2.60. The molecule has 0 bridgehead atoms. The van der Waals surface area contributed by atoms with E-state index in [1.54, 1.807) is 6.07 Å². The maximum atomic E-state index is 12.7. The number of para-hydroxylation sites is 1. The zero-order chi connectivity index (χ0) is 15.4. The summed E-state index contributed by atoms with van der Waals surface area (Å²) in [5.74, 6) is 0. The normalized spacial score (nSPS) is 11.5. The molecule has 0 aliphatic carbocycles. The van der Waals surface area contributed by atoms with E-state index in [1.165, 1.54) is 6.42 Å². The van der Waals surface area contributed by atoms with Crippen molar-refractivity contribution in [2.75, 3.05) is 13.1 Å². The van der Waals surface area contributed by atoms with Crippen LogP contribution in [0.3, 0.4) is 0 Å². The number of pyridine rings is 1. The number of hydrogen-bond acceptors (Lipinski definition) is 2. The first-order chi connectivity index (χ1) is 10.1. The Hall–Kier alpha value is -1.32. The van der Waals surface area contributed by atoms with Gasteiger partial charge in [0.1, 0.15) is 0 Å². The fourth-order valence-electron chi connectivity index (χ4n) is 2.58. The van der Waals surface area contributed by atoms with Gasteiger partial charge in [0.25, 0.3) is 0 Å². The third-order valence-electron chi connectivity index (χ3n) is 3.95. The van der Waals surface area contributed by atoms with Gasteiger partial charge in [0.15, 0.2) is 5.43 Å². The van der Waals surface area contributed by atoms with Crippen LogP contribution in [0.1, 0.15) is 37.9 Å². The van der Waals surface area contributed by atoms with Gasteiger partial charge < -0.3 is 4.98 Å². The van der Waals surface area contributed by atoms with Gasteiger partial charge in [0.2, 0.25) is 0 Å². The van der Waals surface area contributed by atoms with Crippen molar-refractivity contribution in [1.82, 2.24) is 9.88 Å². The monoisotopic (exact) mass is 306 g/mol. The van der Waals surface area contributed by atoms with Crippen LogP contribution >= 0.6 is 11.6 Å². The summed E-state index contributed by atoms with van der Waals surface area (Å²) in [6, 6.07) is 5.47. The van der Waals surface area contributed by atoms with E-state index in [9.17, 15) is 4.79 Å². The van der Waals surface area contributed by atoms with Gasteiger partial charge in [0.05, 0.1) is 10.5 Å². The lowest BCUT2D eigenvalue weighted by molar-refractivity contribution is 0.274. The van der Waals surface area contributed by atoms with Gasteiger partial charge >= 0.3 is 0 Å². The lowest BCUT2D eigenvalue weighted by Gasteiger charge is -2.21. The van der Waals surface area contributed by atoms with E-state index in [0.717, 1.165) is 36.3 Å². The smallest absolute Gasteiger partial charge is 0.194 e. The molecule has 2 rings (SSSR count). The minimum atomic E-state index is 0.0960. The second-order valence-corrected chi connectivity index (χ2v) is 5.85. The first-order valence-electron chi connectivity index (χ1n) is 7.60. The summed E-state index contributed by atoms with van der Waals surface area (Å²) >= 11 is 6.17. The molecule has 0 saturated heterocycles. The number of nitrogens with one attached hydrogen (secondary N) is 1. The summed E-state index contributed by atoms with van der Waals surface area (Å²) in [6.07, 6.45) is 2.32. The number of halogens is 1. The van der Waals surface area contributed by atoms with E-state index in [4.69, 9.17) is 11.6 Å². The van der Waals surface area contributed by atoms with E-state index < -0.39 is 0 Å². The van der Waals surface area contributed by atoms with E-state index in [0.29, 0.717) is 17.0 Å². The molecular formula is C17H23ClN2O. The number of nitrogens with zero attached hydrogens (tertiary/aromatic N) is 1. The molecule has 114 valence electrons. The number of rotatable bonds is 6. The van der Waals surface area contributed by atoms with Gasteiger partial charge in [0, 0.05) is 23.2 Å². The van der Waals surface area contributed by atoms with Crippen molar-refractivity contribution in [3.63, 3.8) is 0 Å². The Kier molecular flexibility index (Phi) is 5.43. The number of unbranched alkanes of at least 4 members (excludes halogenated alkanes) is 1. The SMILES string of the molecule is CCCCN(CC)Cc1c(C)[nH]c2c(Cl)cccc2c1=O. The van der Waals surface area contributed by atoms with Crippen molar-refractivity contribution in [2.45, 2.75) is 40.2 Å². The fourth-order valence-corrected chi connectivity index (χ4v) is 2.80. The molecule has 0 saturated carbocycles. The minimum absolute atomic E-state index is 0.0960. The second kappa shape index (κ2) is 7.10. The highest BCUT2D eigenvalue weighted by Crippen LogP contribution is 2.20. The van der Waals surface area contributed by atoms with Crippen molar-refractivity contribution in [1.29, 1.82) is 0 Å². The zero-order valence-electron chi connectivity index (χ0n) is 13.0. The lowest BCUT2D eigenvalue weighted by atomic mass is 10.1. The molecule has 21 heavy (non-hydrogen) atoms. The summed E-state index contributed by atoms with van der Waals surface area (Å²) in [7, 11) is 0. The highest BCUT2D eigenvalue weighted by atomic mass is 35.5. The van der Waals surface area contributed by atoms with Gasteiger partial charge in [-0.05, 0) is 38.6 Å².